The molecule has 0 unspecified atom stereocenters. The number of nitrogens with one attached hydrogen (secondary N) is 1. The average molecular weight is 312 g/mol. The standard InChI is InChI=1S/C17H20N4O2/c1-12-11-14(20-17(19-12)18-8-10-23-2)16(22)21-9-7-13-5-3-4-6-15(13)21/h3-6,11H,7-10H2,1-2H3,(H,18,19,20). The van der Waals surface area contributed by atoms with E-state index >= 15 is 0 Å². The summed E-state index contributed by atoms with van der Waals surface area (Å²) >= 11 is 0. The monoisotopic (exact) mass is 312 g/mol. The first-order valence-corrected chi connectivity index (χ1v) is 7.67. The van der Waals surface area contributed by atoms with Crippen molar-refractivity contribution in [2.75, 3.05) is 37.0 Å². The van der Waals surface area contributed by atoms with Crippen LogP contribution in [-0.2, 0) is 11.2 Å². The number of fused-ring (bicyclic) bond motifs is 1. The summed E-state index contributed by atoms with van der Waals surface area (Å²) in [5.41, 5.74) is 3.34. The minimum absolute atomic E-state index is 0.0877. The molecule has 0 fully saturated rings. The van der Waals surface area contributed by atoms with Crippen molar-refractivity contribution in [1.29, 1.82) is 0 Å². The molecule has 2 heterocycles. The van der Waals surface area contributed by atoms with Crippen LogP contribution in [0.25, 0.3) is 0 Å². The van der Waals surface area contributed by atoms with Crippen LogP contribution in [0.15, 0.2) is 30.3 Å². The molecular weight excluding hydrogens is 292 g/mol. The molecule has 1 amide bonds. The molecule has 1 aliphatic heterocycles. The average Bonchev–Trinajstić information content (AvgIpc) is 2.98. The van der Waals surface area contributed by atoms with E-state index in [1.165, 1.54) is 5.56 Å². The van der Waals surface area contributed by atoms with Crippen LogP contribution in [0.5, 0.6) is 0 Å². The van der Waals surface area contributed by atoms with Crippen LogP contribution < -0.4 is 10.2 Å². The summed E-state index contributed by atoms with van der Waals surface area (Å²) in [6, 6.07) is 9.72. The Bertz CT molecular complexity index is 717. The van der Waals surface area contributed by atoms with Gasteiger partial charge in [-0.3, -0.25) is 4.79 Å². The van der Waals surface area contributed by atoms with Gasteiger partial charge in [-0.1, -0.05) is 18.2 Å². The second-order valence-electron chi connectivity index (χ2n) is 5.47. The van der Waals surface area contributed by atoms with Gasteiger partial charge in [-0.05, 0) is 31.0 Å². The van der Waals surface area contributed by atoms with Gasteiger partial charge >= 0.3 is 0 Å². The first kappa shape index (κ1) is 15.4. The minimum Gasteiger partial charge on any atom is -0.383 e. The van der Waals surface area contributed by atoms with Crippen molar-refractivity contribution in [1.82, 2.24) is 9.97 Å². The predicted molar refractivity (Wildman–Crippen MR) is 89.0 cm³/mol. The van der Waals surface area contributed by atoms with E-state index in [1.807, 2.05) is 25.1 Å². The number of anilines is 2. The molecule has 0 radical (unpaired) electrons. The number of benzene rings is 1. The highest BCUT2D eigenvalue weighted by atomic mass is 16.5. The Hall–Kier alpha value is -2.47. The number of rotatable bonds is 5. The summed E-state index contributed by atoms with van der Waals surface area (Å²) in [6.45, 7) is 3.70. The molecule has 1 N–H and O–H groups in total. The van der Waals surface area contributed by atoms with Crippen LogP contribution in [0.1, 0.15) is 21.7 Å². The van der Waals surface area contributed by atoms with Gasteiger partial charge in [0.1, 0.15) is 5.69 Å². The molecule has 0 bridgehead atoms. The van der Waals surface area contributed by atoms with Crippen molar-refractivity contribution >= 4 is 17.5 Å². The van der Waals surface area contributed by atoms with Gasteiger partial charge in [0.05, 0.1) is 6.61 Å². The number of aryl methyl sites for hydroxylation is 1. The minimum atomic E-state index is -0.0877. The SMILES string of the molecule is COCCNc1nc(C)cc(C(=O)N2CCc3ccccc32)n1. The normalized spacial score (nSPS) is 13.0. The first-order valence-electron chi connectivity index (χ1n) is 7.67. The Morgan fingerprint density at radius 2 is 2.17 bits per heavy atom. The van der Waals surface area contributed by atoms with Crippen molar-refractivity contribution in [3.05, 3.63) is 47.3 Å². The van der Waals surface area contributed by atoms with Crippen molar-refractivity contribution in [3.8, 4) is 0 Å². The van der Waals surface area contributed by atoms with Gasteiger partial charge in [0.2, 0.25) is 5.95 Å². The van der Waals surface area contributed by atoms with Crippen LogP contribution in [-0.4, -0.2) is 42.7 Å². The summed E-state index contributed by atoms with van der Waals surface area (Å²) in [6.07, 6.45) is 0.880. The predicted octanol–water partition coefficient (Wildman–Crippen LogP) is 2.05. The van der Waals surface area contributed by atoms with Crippen molar-refractivity contribution < 1.29 is 9.53 Å². The van der Waals surface area contributed by atoms with Crippen LogP contribution >= 0.6 is 0 Å². The maximum absolute atomic E-state index is 12.8. The van der Waals surface area contributed by atoms with Crippen molar-refractivity contribution in [3.63, 3.8) is 0 Å². The number of para-hydroxylation sites is 1. The Morgan fingerprint density at radius 3 is 3.00 bits per heavy atom. The van der Waals surface area contributed by atoms with Gasteiger partial charge < -0.3 is 15.0 Å². The molecule has 2 aromatic rings. The Morgan fingerprint density at radius 1 is 1.35 bits per heavy atom. The van der Waals surface area contributed by atoms with E-state index in [9.17, 15) is 4.79 Å². The van der Waals surface area contributed by atoms with E-state index in [-0.39, 0.29) is 5.91 Å². The number of nitrogens with zero attached hydrogens (tertiary/aromatic N) is 3. The lowest BCUT2D eigenvalue weighted by atomic mass is 10.2. The molecule has 1 aromatic heterocycles. The summed E-state index contributed by atoms with van der Waals surface area (Å²) < 4.78 is 5.00. The molecule has 0 saturated carbocycles. The zero-order valence-electron chi connectivity index (χ0n) is 13.4. The Labute approximate surface area is 135 Å². The van der Waals surface area contributed by atoms with Gasteiger partial charge in [0.15, 0.2) is 0 Å². The lowest BCUT2D eigenvalue weighted by molar-refractivity contribution is 0.0984. The Kier molecular flexibility index (Phi) is 4.52. The van der Waals surface area contributed by atoms with E-state index in [2.05, 4.69) is 21.4 Å². The fourth-order valence-corrected chi connectivity index (χ4v) is 2.71. The maximum atomic E-state index is 12.8. The topological polar surface area (TPSA) is 67.3 Å². The largest absolute Gasteiger partial charge is 0.383 e. The van der Waals surface area contributed by atoms with E-state index < -0.39 is 0 Å². The molecule has 1 aromatic carbocycles. The summed E-state index contributed by atoms with van der Waals surface area (Å²) in [5, 5.41) is 3.07. The summed E-state index contributed by atoms with van der Waals surface area (Å²) in [5.74, 6) is 0.369. The quantitative estimate of drug-likeness (QED) is 0.856. The summed E-state index contributed by atoms with van der Waals surface area (Å²) in [7, 11) is 1.64. The van der Waals surface area contributed by atoms with Crippen molar-refractivity contribution in [2.24, 2.45) is 0 Å². The number of ether oxygens (including phenoxy) is 1. The zero-order chi connectivity index (χ0) is 16.2. The molecule has 3 rings (SSSR count). The second kappa shape index (κ2) is 6.75. The lowest BCUT2D eigenvalue weighted by Gasteiger charge is -2.17. The van der Waals surface area contributed by atoms with Gasteiger partial charge in [-0.25, -0.2) is 9.97 Å². The molecule has 0 atom stereocenters. The smallest absolute Gasteiger partial charge is 0.277 e. The highest BCUT2D eigenvalue weighted by Gasteiger charge is 2.26. The molecule has 6 heteroatoms. The molecule has 0 saturated heterocycles. The third kappa shape index (κ3) is 3.32. The number of hydrogen-bond acceptors (Lipinski definition) is 5. The molecule has 120 valence electrons. The van der Waals surface area contributed by atoms with E-state index in [0.29, 0.717) is 31.3 Å². The fraction of sp³-hybridized carbons (Fsp3) is 0.353. The van der Waals surface area contributed by atoms with E-state index in [4.69, 9.17) is 4.74 Å². The zero-order valence-corrected chi connectivity index (χ0v) is 13.4. The second-order valence-corrected chi connectivity index (χ2v) is 5.47. The van der Waals surface area contributed by atoms with Crippen LogP contribution in [0.4, 0.5) is 11.6 Å². The number of hydrogen-bond donors (Lipinski definition) is 1. The number of carbonyl (C=O) groups is 1. The van der Waals surface area contributed by atoms with Gasteiger partial charge in [0.25, 0.3) is 5.91 Å². The third-order valence-corrected chi connectivity index (χ3v) is 3.79. The highest BCUT2D eigenvalue weighted by molar-refractivity contribution is 6.06. The summed E-state index contributed by atoms with van der Waals surface area (Å²) in [4.78, 5) is 23.3. The Balaban J connectivity index is 1.83. The highest BCUT2D eigenvalue weighted by Crippen LogP contribution is 2.28. The van der Waals surface area contributed by atoms with E-state index in [1.54, 1.807) is 18.1 Å². The van der Waals surface area contributed by atoms with Crippen LogP contribution in [0, 0.1) is 6.92 Å². The molecule has 1 aliphatic rings. The van der Waals surface area contributed by atoms with Crippen LogP contribution in [0.2, 0.25) is 0 Å². The van der Waals surface area contributed by atoms with Gasteiger partial charge in [-0.15, -0.1) is 0 Å². The van der Waals surface area contributed by atoms with Crippen molar-refractivity contribution in [2.45, 2.75) is 13.3 Å². The van der Waals surface area contributed by atoms with Crippen LogP contribution in [0.3, 0.4) is 0 Å². The van der Waals surface area contributed by atoms with E-state index in [0.717, 1.165) is 17.8 Å². The molecule has 0 spiro atoms. The number of amides is 1. The van der Waals surface area contributed by atoms with Gasteiger partial charge in [-0.2, -0.15) is 0 Å². The number of methoxy groups -OCH3 is 1. The molecule has 23 heavy (non-hydrogen) atoms. The molecule has 6 nitrogen and oxygen atoms in total. The lowest BCUT2D eigenvalue weighted by Crippen LogP contribution is -2.30. The first-order chi connectivity index (χ1) is 11.2. The molecule has 0 aliphatic carbocycles. The van der Waals surface area contributed by atoms with Gasteiger partial charge in [0, 0.05) is 31.6 Å². The number of aromatic nitrogens is 2. The molecular formula is C17H20N4O2. The fourth-order valence-electron chi connectivity index (χ4n) is 2.71. The number of carbonyl (C=O) groups excluding carboxylic acids is 1. The maximum Gasteiger partial charge on any atom is 0.277 e. The third-order valence-electron chi connectivity index (χ3n) is 3.79.